The summed E-state index contributed by atoms with van der Waals surface area (Å²) in [5, 5.41) is 3.78. The van der Waals surface area contributed by atoms with E-state index in [0.29, 0.717) is 30.8 Å². The second-order valence-corrected chi connectivity index (χ2v) is 7.50. The molecule has 1 aromatic carbocycles. The Kier molecular flexibility index (Phi) is 10.1. The van der Waals surface area contributed by atoms with E-state index in [1.165, 1.54) is 4.90 Å². The van der Waals surface area contributed by atoms with Gasteiger partial charge in [0, 0.05) is 42.1 Å². The highest BCUT2D eigenvalue weighted by atomic mass is 16.3. The second kappa shape index (κ2) is 13.0. The van der Waals surface area contributed by atoms with Crippen molar-refractivity contribution in [1.82, 2.24) is 9.88 Å². The third-order valence-corrected chi connectivity index (χ3v) is 5.16. The quantitative estimate of drug-likeness (QED) is 0.397. The average molecular weight is 460 g/mol. The Bertz CT molecular complexity index is 1220. The SMILES string of the molecule is C/C=C\C.CC.Cc1c(CN(C)C(=O)C#Cc2cnc3c(c2)CCC(=O)N3)oc2ccccc12. The molecule has 0 atom stereocenters. The number of benzene rings is 1. The van der Waals surface area contributed by atoms with Crippen molar-refractivity contribution >= 4 is 28.6 Å². The number of anilines is 1. The van der Waals surface area contributed by atoms with Crippen molar-refractivity contribution in [2.75, 3.05) is 12.4 Å². The molecule has 1 N–H and O–H groups in total. The van der Waals surface area contributed by atoms with Gasteiger partial charge in [-0.05, 0) is 44.9 Å². The summed E-state index contributed by atoms with van der Waals surface area (Å²) in [7, 11) is 1.70. The maximum atomic E-state index is 12.4. The number of nitrogens with one attached hydrogen (secondary N) is 1. The first-order valence-electron chi connectivity index (χ1n) is 11.5. The highest BCUT2D eigenvalue weighted by Crippen LogP contribution is 2.25. The molecule has 0 saturated heterocycles. The van der Waals surface area contributed by atoms with E-state index in [0.717, 1.165) is 27.9 Å². The van der Waals surface area contributed by atoms with Gasteiger partial charge in [-0.15, -0.1) is 0 Å². The van der Waals surface area contributed by atoms with Gasteiger partial charge in [0.05, 0.1) is 6.54 Å². The first kappa shape index (κ1) is 26.4. The Hall–Kier alpha value is -3.85. The molecule has 0 spiro atoms. The third kappa shape index (κ3) is 6.82. The number of fused-ring (bicyclic) bond motifs is 2. The number of furan rings is 1. The van der Waals surface area contributed by atoms with Gasteiger partial charge < -0.3 is 14.6 Å². The molecule has 6 nitrogen and oxygen atoms in total. The molecular formula is C28H33N3O3. The third-order valence-electron chi connectivity index (χ3n) is 5.16. The maximum absolute atomic E-state index is 12.4. The van der Waals surface area contributed by atoms with Crippen molar-refractivity contribution in [1.29, 1.82) is 0 Å². The zero-order chi connectivity index (χ0) is 25.1. The molecule has 0 radical (unpaired) electrons. The minimum Gasteiger partial charge on any atom is -0.459 e. The fraction of sp³-hybridized carbons (Fsp3) is 0.321. The lowest BCUT2D eigenvalue weighted by Gasteiger charge is -2.15. The van der Waals surface area contributed by atoms with Crippen molar-refractivity contribution in [3.05, 3.63) is 71.1 Å². The fourth-order valence-electron chi connectivity index (χ4n) is 3.21. The van der Waals surface area contributed by atoms with Gasteiger partial charge in [0.15, 0.2) is 0 Å². The summed E-state index contributed by atoms with van der Waals surface area (Å²) in [5.74, 6) is 6.52. The van der Waals surface area contributed by atoms with E-state index in [1.807, 2.05) is 77.1 Å². The van der Waals surface area contributed by atoms with Crippen LogP contribution in [0.4, 0.5) is 5.82 Å². The molecule has 3 heterocycles. The average Bonchev–Trinajstić information content (AvgIpc) is 3.18. The van der Waals surface area contributed by atoms with Crippen molar-refractivity contribution in [3.63, 3.8) is 0 Å². The molecule has 2 aromatic heterocycles. The summed E-state index contributed by atoms with van der Waals surface area (Å²) in [6, 6.07) is 9.68. The number of hydrogen-bond donors (Lipinski definition) is 1. The number of pyridine rings is 1. The van der Waals surface area contributed by atoms with E-state index < -0.39 is 0 Å². The lowest BCUT2D eigenvalue weighted by molar-refractivity contribution is -0.124. The fourth-order valence-corrected chi connectivity index (χ4v) is 3.21. The highest BCUT2D eigenvalue weighted by Gasteiger charge is 2.16. The molecule has 4 rings (SSSR count). The Labute approximate surface area is 202 Å². The summed E-state index contributed by atoms with van der Waals surface area (Å²) < 4.78 is 5.87. The zero-order valence-electron chi connectivity index (χ0n) is 20.9. The first-order chi connectivity index (χ1) is 16.4. The van der Waals surface area contributed by atoms with Crippen LogP contribution in [-0.2, 0) is 22.6 Å². The Balaban J connectivity index is 0.000000618. The monoisotopic (exact) mass is 459 g/mol. The molecule has 34 heavy (non-hydrogen) atoms. The van der Waals surface area contributed by atoms with Crippen LogP contribution in [0.5, 0.6) is 0 Å². The smallest absolute Gasteiger partial charge is 0.298 e. The maximum Gasteiger partial charge on any atom is 0.298 e. The number of carbonyl (C=O) groups is 2. The molecule has 2 amide bonds. The molecule has 3 aromatic rings. The van der Waals surface area contributed by atoms with Crippen molar-refractivity contribution in [2.24, 2.45) is 0 Å². The number of hydrogen-bond acceptors (Lipinski definition) is 4. The summed E-state index contributed by atoms with van der Waals surface area (Å²) in [6.07, 6.45) is 6.63. The van der Waals surface area contributed by atoms with E-state index in [1.54, 1.807) is 13.2 Å². The molecule has 0 fully saturated rings. The van der Waals surface area contributed by atoms with Crippen LogP contribution in [0, 0.1) is 18.8 Å². The normalized spacial score (nSPS) is 11.8. The van der Waals surface area contributed by atoms with Crippen LogP contribution in [0.2, 0.25) is 0 Å². The van der Waals surface area contributed by atoms with Crippen LogP contribution in [0.3, 0.4) is 0 Å². The molecule has 6 heteroatoms. The van der Waals surface area contributed by atoms with Crippen LogP contribution in [-0.4, -0.2) is 28.7 Å². The molecular weight excluding hydrogens is 426 g/mol. The van der Waals surface area contributed by atoms with Crippen LogP contribution in [0.25, 0.3) is 11.0 Å². The predicted molar refractivity (Wildman–Crippen MR) is 137 cm³/mol. The molecule has 0 saturated carbocycles. The number of aromatic nitrogens is 1. The minimum absolute atomic E-state index is 0.0310. The molecule has 178 valence electrons. The van der Waals surface area contributed by atoms with E-state index in [9.17, 15) is 9.59 Å². The molecule has 0 aliphatic carbocycles. The van der Waals surface area contributed by atoms with Gasteiger partial charge in [-0.1, -0.05) is 50.1 Å². The van der Waals surface area contributed by atoms with E-state index in [-0.39, 0.29) is 11.8 Å². The predicted octanol–water partition coefficient (Wildman–Crippen LogP) is 5.64. The summed E-state index contributed by atoms with van der Waals surface area (Å²) in [6.45, 7) is 10.3. The number of carbonyl (C=O) groups excluding carboxylic acids is 2. The number of nitrogens with zero attached hydrogens (tertiary/aromatic N) is 2. The largest absolute Gasteiger partial charge is 0.459 e. The van der Waals surface area contributed by atoms with Crippen LogP contribution < -0.4 is 5.32 Å². The van der Waals surface area contributed by atoms with E-state index in [4.69, 9.17) is 4.42 Å². The number of allylic oxidation sites excluding steroid dienone is 2. The van der Waals surface area contributed by atoms with Gasteiger partial charge in [-0.25, -0.2) is 4.98 Å². The van der Waals surface area contributed by atoms with Crippen molar-refractivity contribution in [3.8, 4) is 11.8 Å². The number of aryl methyl sites for hydroxylation is 2. The second-order valence-electron chi connectivity index (χ2n) is 7.50. The van der Waals surface area contributed by atoms with E-state index >= 15 is 0 Å². The summed E-state index contributed by atoms with van der Waals surface area (Å²) in [5.41, 5.74) is 3.43. The van der Waals surface area contributed by atoms with Crippen LogP contribution in [0.15, 0.2) is 53.1 Å². The van der Waals surface area contributed by atoms with Gasteiger partial charge in [-0.2, -0.15) is 0 Å². The molecule has 1 aliphatic heterocycles. The standard InChI is InChI=1S/C22H19N3O3.C4H8.C2H6/c1-14-17-5-3-4-6-18(17)28-19(14)13-25(2)21(27)10-7-15-11-16-8-9-20(26)24-22(16)23-12-15;1-3-4-2;1-2/h3-6,11-12H,8-9,13H2,1-2H3,(H,23,24,26);3-4H,1-2H3;1-2H3/b;4-3-;. The number of para-hydroxylation sites is 1. The molecule has 0 bridgehead atoms. The Morgan fingerprint density at radius 1 is 1.21 bits per heavy atom. The number of amides is 2. The summed E-state index contributed by atoms with van der Waals surface area (Å²) >= 11 is 0. The van der Waals surface area contributed by atoms with Gasteiger partial charge in [-0.3, -0.25) is 9.59 Å². The lowest BCUT2D eigenvalue weighted by Crippen LogP contribution is -2.24. The Morgan fingerprint density at radius 2 is 1.91 bits per heavy atom. The topological polar surface area (TPSA) is 75.4 Å². The van der Waals surface area contributed by atoms with Gasteiger partial charge in [0.2, 0.25) is 5.91 Å². The zero-order valence-corrected chi connectivity index (χ0v) is 20.9. The lowest BCUT2D eigenvalue weighted by atomic mass is 10.1. The highest BCUT2D eigenvalue weighted by molar-refractivity contribution is 5.94. The minimum atomic E-state index is -0.300. The van der Waals surface area contributed by atoms with E-state index in [2.05, 4.69) is 22.1 Å². The molecule has 1 aliphatic rings. The Morgan fingerprint density at radius 3 is 2.59 bits per heavy atom. The van der Waals surface area contributed by atoms with Crippen molar-refractivity contribution < 1.29 is 14.0 Å². The van der Waals surface area contributed by atoms with Crippen LogP contribution >= 0.6 is 0 Å². The van der Waals surface area contributed by atoms with Gasteiger partial charge in [0.25, 0.3) is 5.91 Å². The summed E-state index contributed by atoms with van der Waals surface area (Å²) in [4.78, 5) is 29.6. The van der Waals surface area contributed by atoms with Crippen LogP contribution in [0.1, 0.15) is 56.6 Å². The van der Waals surface area contributed by atoms with Gasteiger partial charge in [0.1, 0.15) is 17.2 Å². The first-order valence-corrected chi connectivity index (χ1v) is 11.5. The molecule has 0 unspecified atom stereocenters. The van der Waals surface area contributed by atoms with Crippen molar-refractivity contribution in [2.45, 2.75) is 54.0 Å². The number of rotatable bonds is 2. The van der Waals surface area contributed by atoms with Gasteiger partial charge >= 0.3 is 0 Å².